The summed E-state index contributed by atoms with van der Waals surface area (Å²) >= 11 is 0. The van der Waals surface area contributed by atoms with Crippen LogP contribution in [0.5, 0.6) is 0 Å². The highest BCUT2D eigenvalue weighted by Crippen LogP contribution is 2.30. The van der Waals surface area contributed by atoms with Gasteiger partial charge in [-0.2, -0.15) is 0 Å². The minimum Gasteiger partial charge on any atom is -0.342 e. The van der Waals surface area contributed by atoms with Gasteiger partial charge >= 0.3 is 0 Å². The monoisotopic (exact) mass is 269 g/mol. The van der Waals surface area contributed by atoms with Gasteiger partial charge < -0.3 is 10.6 Å². The molecule has 0 aliphatic heterocycles. The number of carbonyl (C=O) groups excluding carboxylic acids is 1. The molecule has 0 heterocycles. The average molecular weight is 269 g/mol. The fraction of sp³-hybridized carbons (Fsp3) is 0.933. The van der Waals surface area contributed by atoms with Crippen LogP contribution in [0.3, 0.4) is 0 Å². The first-order chi connectivity index (χ1) is 9.09. The molecule has 0 spiro atoms. The van der Waals surface area contributed by atoms with Crippen LogP contribution >= 0.6 is 0 Å². The van der Waals surface area contributed by atoms with E-state index in [1.807, 2.05) is 18.7 Å². The molecule has 1 amide bonds. The normalized spacial score (nSPS) is 19.2. The summed E-state index contributed by atoms with van der Waals surface area (Å²) in [6.07, 6.45) is 7.35. The van der Waals surface area contributed by atoms with E-state index in [1.54, 1.807) is 0 Å². The van der Waals surface area contributed by atoms with Crippen LogP contribution in [0.4, 0.5) is 0 Å². The van der Waals surface area contributed by atoms with Crippen LogP contribution in [0.15, 0.2) is 0 Å². The Labute approximate surface area is 118 Å². The Bertz CT molecular complexity index is 269. The number of hydrogen-bond acceptors (Lipinski definition) is 3. The Morgan fingerprint density at radius 3 is 2.05 bits per heavy atom. The van der Waals surface area contributed by atoms with E-state index < -0.39 is 0 Å². The number of hydrogen-bond donors (Lipinski definition) is 1. The summed E-state index contributed by atoms with van der Waals surface area (Å²) < 4.78 is 0. The minimum atomic E-state index is 0.0410. The van der Waals surface area contributed by atoms with Crippen molar-refractivity contribution in [3.8, 4) is 0 Å². The van der Waals surface area contributed by atoms with Gasteiger partial charge in [0.25, 0.3) is 0 Å². The summed E-state index contributed by atoms with van der Waals surface area (Å²) in [5, 5.41) is 0. The van der Waals surface area contributed by atoms with Gasteiger partial charge in [-0.25, -0.2) is 0 Å². The maximum absolute atomic E-state index is 12.2. The van der Waals surface area contributed by atoms with Crippen LogP contribution in [0.25, 0.3) is 0 Å². The lowest BCUT2D eigenvalue weighted by atomic mass is 9.88. The molecule has 1 fully saturated rings. The largest absolute Gasteiger partial charge is 0.342 e. The van der Waals surface area contributed by atoms with Crippen molar-refractivity contribution in [2.45, 2.75) is 57.9 Å². The van der Waals surface area contributed by atoms with E-state index in [4.69, 9.17) is 5.73 Å². The van der Waals surface area contributed by atoms with Crippen LogP contribution in [-0.4, -0.2) is 54.5 Å². The zero-order valence-corrected chi connectivity index (χ0v) is 13.0. The van der Waals surface area contributed by atoms with Crippen LogP contribution in [0, 0.1) is 0 Å². The van der Waals surface area contributed by atoms with Crippen LogP contribution in [0.1, 0.15) is 52.4 Å². The summed E-state index contributed by atoms with van der Waals surface area (Å²) in [5.74, 6) is 0.226. The van der Waals surface area contributed by atoms with E-state index in [0.717, 1.165) is 25.9 Å². The first kappa shape index (κ1) is 16.4. The number of likely N-dealkylation sites (N-methyl/N-ethyl adjacent to an activating group) is 2. The Morgan fingerprint density at radius 1 is 1.11 bits per heavy atom. The number of amides is 1. The molecule has 0 aromatic heterocycles. The number of rotatable bonds is 6. The highest BCUT2D eigenvalue weighted by Gasteiger charge is 2.34. The number of nitrogens with two attached hydrogens (primary N) is 1. The van der Waals surface area contributed by atoms with Crippen LogP contribution in [-0.2, 0) is 4.79 Å². The van der Waals surface area contributed by atoms with Crippen LogP contribution < -0.4 is 5.73 Å². The standard InChI is InChI=1S/C15H31N3O/c1-4-18(5-2)14(19)12-17(3)15(13-16)10-8-6-7-9-11-15/h4-13,16H2,1-3H3. The molecule has 1 aliphatic carbocycles. The van der Waals surface area contributed by atoms with E-state index in [9.17, 15) is 4.79 Å². The predicted molar refractivity (Wildman–Crippen MR) is 80.0 cm³/mol. The molecular formula is C15H31N3O. The predicted octanol–water partition coefficient (Wildman–Crippen LogP) is 1.84. The second kappa shape index (κ2) is 7.85. The Morgan fingerprint density at radius 2 is 1.63 bits per heavy atom. The third-order valence-corrected chi connectivity index (χ3v) is 4.71. The van der Waals surface area contributed by atoms with E-state index in [-0.39, 0.29) is 11.4 Å². The molecule has 0 unspecified atom stereocenters. The summed E-state index contributed by atoms with van der Waals surface area (Å²) in [5.41, 5.74) is 6.10. The highest BCUT2D eigenvalue weighted by molar-refractivity contribution is 5.78. The number of nitrogens with zero attached hydrogens (tertiary/aromatic N) is 2. The second-order valence-corrected chi connectivity index (χ2v) is 5.76. The van der Waals surface area contributed by atoms with Gasteiger partial charge in [0, 0.05) is 25.2 Å². The fourth-order valence-corrected chi connectivity index (χ4v) is 3.18. The third kappa shape index (κ3) is 4.18. The number of carbonyl (C=O) groups is 1. The summed E-state index contributed by atoms with van der Waals surface area (Å²) in [4.78, 5) is 16.4. The van der Waals surface area contributed by atoms with Crippen molar-refractivity contribution in [2.75, 3.05) is 33.2 Å². The molecule has 1 aliphatic rings. The Hall–Kier alpha value is -0.610. The molecule has 1 saturated carbocycles. The van der Waals surface area contributed by atoms with Crippen LogP contribution in [0.2, 0.25) is 0 Å². The fourth-order valence-electron chi connectivity index (χ4n) is 3.18. The minimum absolute atomic E-state index is 0.0410. The molecule has 1 rings (SSSR count). The van der Waals surface area contributed by atoms with Gasteiger partial charge in [0.05, 0.1) is 6.54 Å². The summed E-state index contributed by atoms with van der Waals surface area (Å²) in [7, 11) is 2.07. The molecule has 0 radical (unpaired) electrons. The van der Waals surface area contributed by atoms with Gasteiger partial charge in [-0.3, -0.25) is 9.69 Å². The Balaban J connectivity index is 2.67. The molecule has 0 bridgehead atoms. The van der Waals surface area contributed by atoms with E-state index >= 15 is 0 Å². The first-order valence-electron chi connectivity index (χ1n) is 7.78. The van der Waals surface area contributed by atoms with Crippen molar-refractivity contribution < 1.29 is 4.79 Å². The van der Waals surface area contributed by atoms with Crippen molar-refractivity contribution in [3.05, 3.63) is 0 Å². The van der Waals surface area contributed by atoms with Crippen molar-refractivity contribution in [2.24, 2.45) is 5.73 Å². The molecule has 2 N–H and O–H groups in total. The molecule has 0 atom stereocenters. The lowest BCUT2D eigenvalue weighted by Gasteiger charge is -2.41. The smallest absolute Gasteiger partial charge is 0.236 e. The molecule has 112 valence electrons. The van der Waals surface area contributed by atoms with Gasteiger partial charge in [-0.1, -0.05) is 25.7 Å². The third-order valence-electron chi connectivity index (χ3n) is 4.71. The zero-order chi connectivity index (χ0) is 14.3. The SMILES string of the molecule is CCN(CC)C(=O)CN(C)C1(CN)CCCCCC1. The van der Waals surface area contributed by atoms with Crippen molar-refractivity contribution in [3.63, 3.8) is 0 Å². The average Bonchev–Trinajstić information content (AvgIpc) is 2.66. The lowest BCUT2D eigenvalue weighted by molar-refractivity contribution is -0.133. The van der Waals surface area contributed by atoms with E-state index in [2.05, 4.69) is 11.9 Å². The van der Waals surface area contributed by atoms with Gasteiger partial charge in [-0.05, 0) is 33.7 Å². The maximum Gasteiger partial charge on any atom is 0.236 e. The van der Waals surface area contributed by atoms with Crippen molar-refractivity contribution in [1.82, 2.24) is 9.80 Å². The van der Waals surface area contributed by atoms with Crippen molar-refractivity contribution >= 4 is 5.91 Å². The quantitative estimate of drug-likeness (QED) is 0.749. The summed E-state index contributed by atoms with van der Waals surface area (Å²) in [6, 6.07) is 0. The first-order valence-corrected chi connectivity index (χ1v) is 7.78. The van der Waals surface area contributed by atoms with Gasteiger partial charge in [0.1, 0.15) is 0 Å². The highest BCUT2D eigenvalue weighted by atomic mass is 16.2. The lowest BCUT2D eigenvalue weighted by Crippen LogP contribution is -2.55. The Kier molecular flexibility index (Phi) is 6.80. The molecule has 19 heavy (non-hydrogen) atoms. The molecule has 4 nitrogen and oxygen atoms in total. The van der Waals surface area contributed by atoms with Gasteiger partial charge in [0.2, 0.25) is 5.91 Å². The van der Waals surface area contributed by atoms with E-state index in [1.165, 1.54) is 25.7 Å². The second-order valence-electron chi connectivity index (χ2n) is 5.76. The molecule has 0 aromatic carbocycles. The van der Waals surface area contributed by atoms with Gasteiger partial charge in [0.15, 0.2) is 0 Å². The molecule has 0 saturated heterocycles. The zero-order valence-electron chi connectivity index (χ0n) is 13.0. The molecule has 0 aromatic rings. The topological polar surface area (TPSA) is 49.6 Å². The molecule has 4 heteroatoms. The van der Waals surface area contributed by atoms with Gasteiger partial charge in [-0.15, -0.1) is 0 Å². The molecular weight excluding hydrogens is 238 g/mol. The van der Waals surface area contributed by atoms with Crippen molar-refractivity contribution in [1.29, 1.82) is 0 Å². The van der Waals surface area contributed by atoms with E-state index in [0.29, 0.717) is 13.1 Å². The maximum atomic E-state index is 12.2. The summed E-state index contributed by atoms with van der Waals surface area (Å²) in [6.45, 7) is 6.81.